The van der Waals surface area contributed by atoms with Crippen molar-refractivity contribution in [1.29, 1.82) is 0 Å². The number of carbonyl (C=O) groups excluding carboxylic acids is 2. The third-order valence-corrected chi connectivity index (χ3v) is 5.01. The van der Waals surface area contributed by atoms with E-state index in [1.54, 1.807) is 17.0 Å². The highest BCUT2D eigenvalue weighted by atomic mass is 16.5. The van der Waals surface area contributed by atoms with Gasteiger partial charge >= 0.3 is 0 Å². The molecule has 6 nitrogen and oxygen atoms in total. The molecular formula is C24H29NO5. The van der Waals surface area contributed by atoms with E-state index in [1.165, 1.54) is 6.92 Å². The molecule has 0 atom stereocenters. The summed E-state index contributed by atoms with van der Waals surface area (Å²) in [5.41, 5.74) is 2.93. The van der Waals surface area contributed by atoms with Gasteiger partial charge in [-0.25, -0.2) is 0 Å². The highest BCUT2D eigenvalue weighted by molar-refractivity contribution is 6.08. The van der Waals surface area contributed by atoms with Crippen LogP contribution in [0, 0.1) is 0 Å². The summed E-state index contributed by atoms with van der Waals surface area (Å²) in [5, 5.41) is 0. The molecule has 0 saturated heterocycles. The first kappa shape index (κ1) is 21.7. The third-order valence-electron chi connectivity index (χ3n) is 5.01. The zero-order valence-electron chi connectivity index (χ0n) is 18.1. The van der Waals surface area contributed by atoms with E-state index in [2.05, 4.69) is 0 Å². The van der Waals surface area contributed by atoms with Crippen molar-refractivity contribution in [3.8, 4) is 17.2 Å². The Kier molecular flexibility index (Phi) is 6.98. The van der Waals surface area contributed by atoms with E-state index in [0.717, 1.165) is 24.1 Å². The van der Waals surface area contributed by atoms with Gasteiger partial charge in [-0.05, 0) is 64.3 Å². The summed E-state index contributed by atoms with van der Waals surface area (Å²) in [6, 6.07) is 9.01. The molecule has 160 valence electrons. The molecule has 30 heavy (non-hydrogen) atoms. The summed E-state index contributed by atoms with van der Waals surface area (Å²) in [6.45, 7) is 9.13. The Morgan fingerprint density at radius 3 is 2.10 bits per heavy atom. The molecule has 2 aromatic rings. The average Bonchev–Trinajstić information content (AvgIpc) is 2.74. The molecule has 0 radical (unpaired) electrons. The van der Waals surface area contributed by atoms with Crippen molar-refractivity contribution in [2.24, 2.45) is 0 Å². The number of anilines is 1. The maximum Gasteiger partial charge on any atom is 0.258 e. The zero-order chi connectivity index (χ0) is 21.7. The Labute approximate surface area is 177 Å². The second-order valence-electron chi connectivity index (χ2n) is 7.06. The SMILES string of the molecule is CCOc1cc(C(=O)N2CCCc3ccc(C(C)=O)cc32)cc(OCC)c1OCC. The Bertz CT molecular complexity index is 910. The number of benzene rings is 2. The van der Waals surface area contributed by atoms with Crippen LogP contribution in [0.3, 0.4) is 0 Å². The monoisotopic (exact) mass is 411 g/mol. The summed E-state index contributed by atoms with van der Waals surface area (Å²) in [4.78, 5) is 27.1. The Hall–Kier alpha value is -3.02. The van der Waals surface area contributed by atoms with Crippen LogP contribution in [-0.4, -0.2) is 38.1 Å². The minimum absolute atomic E-state index is 0.0193. The minimum atomic E-state index is -0.151. The molecule has 0 bridgehead atoms. The smallest absolute Gasteiger partial charge is 0.258 e. The van der Waals surface area contributed by atoms with Gasteiger partial charge in [0.15, 0.2) is 17.3 Å². The Morgan fingerprint density at radius 2 is 1.53 bits per heavy atom. The van der Waals surface area contributed by atoms with Crippen LogP contribution in [0.2, 0.25) is 0 Å². The van der Waals surface area contributed by atoms with Gasteiger partial charge in [-0.1, -0.05) is 12.1 Å². The van der Waals surface area contributed by atoms with E-state index in [4.69, 9.17) is 14.2 Å². The summed E-state index contributed by atoms with van der Waals surface area (Å²) >= 11 is 0. The van der Waals surface area contributed by atoms with E-state index in [-0.39, 0.29) is 11.7 Å². The molecule has 0 saturated carbocycles. The first-order valence-corrected chi connectivity index (χ1v) is 10.5. The Morgan fingerprint density at radius 1 is 0.900 bits per heavy atom. The molecule has 0 N–H and O–H groups in total. The van der Waals surface area contributed by atoms with Crippen LogP contribution in [0.25, 0.3) is 0 Å². The van der Waals surface area contributed by atoms with Gasteiger partial charge < -0.3 is 19.1 Å². The van der Waals surface area contributed by atoms with Crippen LogP contribution in [0.1, 0.15) is 60.4 Å². The van der Waals surface area contributed by atoms with Gasteiger partial charge in [0.2, 0.25) is 5.75 Å². The molecule has 1 aliphatic rings. The van der Waals surface area contributed by atoms with Crippen LogP contribution in [0.15, 0.2) is 30.3 Å². The minimum Gasteiger partial charge on any atom is -0.490 e. The lowest BCUT2D eigenvalue weighted by Gasteiger charge is -2.30. The molecule has 0 aromatic heterocycles. The third kappa shape index (κ3) is 4.42. The summed E-state index contributed by atoms with van der Waals surface area (Å²) in [5.74, 6) is 1.32. The van der Waals surface area contributed by atoms with Crippen LogP contribution >= 0.6 is 0 Å². The van der Waals surface area contributed by atoms with Crippen molar-refractivity contribution in [2.45, 2.75) is 40.5 Å². The second-order valence-corrected chi connectivity index (χ2v) is 7.06. The molecule has 1 amide bonds. The van der Waals surface area contributed by atoms with E-state index in [9.17, 15) is 9.59 Å². The van der Waals surface area contributed by atoms with Gasteiger partial charge in [-0.3, -0.25) is 9.59 Å². The van der Waals surface area contributed by atoms with E-state index in [0.29, 0.717) is 54.7 Å². The van der Waals surface area contributed by atoms with Gasteiger partial charge in [0.25, 0.3) is 5.91 Å². The molecule has 0 spiro atoms. The average molecular weight is 411 g/mol. The second kappa shape index (κ2) is 9.65. The topological polar surface area (TPSA) is 65.1 Å². The van der Waals surface area contributed by atoms with Crippen molar-refractivity contribution >= 4 is 17.4 Å². The van der Waals surface area contributed by atoms with Crippen LogP contribution in [0.5, 0.6) is 17.2 Å². The number of carbonyl (C=O) groups is 2. The molecular weight excluding hydrogens is 382 g/mol. The predicted octanol–water partition coefficient (Wildman–Crippen LogP) is 4.68. The molecule has 6 heteroatoms. The number of nitrogens with zero attached hydrogens (tertiary/aromatic N) is 1. The summed E-state index contributed by atoms with van der Waals surface area (Å²) in [6.07, 6.45) is 1.75. The first-order valence-electron chi connectivity index (χ1n) is 10.5. The lowest BCUT2D eigenvalue weighted by Crippen LogP contribution is -2.35. The fourth-order valence-corrected chi connectivity index (χ4v) is 3.67. The number of aryl methyl sites for hydroxylation is 1. The van der Waals surface area contributed by atoms with Crippen molar-refractivity contribution in [2.75, 3.05) is 31.3 Å². The summed E-state index contributed by atoms with van der Waals surface area (Å²) in [7, 11) is 0. The molecule has 0 unspecified atom stereocenters. The number of hydrogen-bond acceptors (Lipinski definition) is 5. The highest BCUT2D eigenvalue weighted by Gasteiger charge is 2.27. The molecule has 1 heterocycles. The van der Waals surface area contributed by atoms with E-state index >= 15 is 0 Å². The van der Waals surface area contributed by atoms with Gasteiger partial charge in [-0.2, -0.15) is 0 Å². The van der Waals surface area contributed by atoms with Gasteiger partial charge in [0, 0.05) is 23.4 Å². The number of ketones is 1. The molecule has 0 aliphatic carbocycles. The number of hydrogen-bond donors (Lipinski definition) is 0. The van der Waals surface area contributed by atoms with Gasteiger partial charge in [-0.15, -0.1) is 0 Å². The normalized spacial score (nSPS) is 12.9. The van der Waals surface area contributed by atoms with Crippen molar-refractivity contribution in [1.82, 2.24) is 0 Å². The molecule has 2 aromatic carbocycles. The molecule has 1 aliphatic heterocycles. The highest BCUT2D eigenvalue weighted by Crippen LogP contribution is 2.40. The van der Waals surface area contributed by atoms with Crippen LogP contribution < -0.4 is 19.1 Å². The number of fused-ring (bicyclic) bond motifs is 1. The van der Waals surface area contributed by atoms with Gasteiger partial charge in [0.1, 0.15) is 0 Å². The fourth-order valence-electron chi connectivity index (χ4n) is 3.67. The van der Waals surface area contributed by atoms with E-state index in [1.807, 2.05) is 39.0 Å². The van der Waals surface area contributed by atoms with Crippen molar-refractivity contribution < 1.29 is 23.8 Å². The predicted molar refractivity (Wildman–Crippen MR) is 116 cm³/mol. The maximum atomic E-state index is 13.5. The zero-order valence-corrected chi connectivity index (χ0v) is 18.1. The number of amides is 1. The van der Waals surface area contributed by atoms with Gasteiger partial charge in [0.05, 0.1) is 19.8 Å². The van der Waals surface area contributed by atoms with E-state index < -0.39 is 0 Å². The molecule has 3 rings (SSSR count). The first-order chi connectivity index (χ1) is 14.5. The number of rotatable bonds is 8. The molecule has 0 fully saturated rings. The largest absolute Gasteiger partial charge is 0.490 e. The summed E-state index contributed by atoms with van der Waals surface area (Å²) < 4.78 is 17.2. The standard InChI is InChI=1S/C24H29NO5/c1-5-28-21-14-19(15-22(29-6-2)23(21)30-7-3)24(27)25-12-8-9-17-10-11-18(16(4)26)13-20(17)25/h10-11,13-15H,5-9,12H2,1-4H3. The van der Waals surface area contributed by atoms with Crippen LogP contribution in [0.4, 0.5) is 5.69 Å². The number of Topliss-reactive ketones (excluding diaryl/α,β-unsaturated/α-hetero) is 1. The quantitative estimate of drug-likeness (QED) is 0.590. The van der Waals surface area contributed by atoms with Crippen molar-refractivity contribution in [3.05, 3.63) is 47.0 Å². The maximum absolute atomic E-state index is 13.5. The lowest BCUT2D eigenvalue weighted by molar-refractivity contribution is 0.0980. The van der Waals surface area contributed by atoms with Crippen molar-refractivity contribution in [3.63, 3.8) is 0 Å². The Balaban J connectivity index is 2.05. The lowest BCUT2D eigenvalue weighted by atomic mass is 9.97. The number of ether oxygens (including phenoxy) is 3. The van der Waals surface area contributed by atoms with Crippen LogP contribution in [-0.2, 0) is 6.42 Å². The fraction of sp³-hybridized carbons (Fsp3) is 0.417.